The van der Waals surface area contributed by atoms with E-state index in [1.165, 1.54) is 0 Å². The smallest absolute Gasteiger partial charge is 0.221 e. The zero-order chi connectivity index (χ0) is 10.7. The van der Waals surface area contributed by atoms with Gasteiger partial charge in [0, 0.05) is 31.5 Å². The van der Waals surface area contributed by atoms with E-state index >= 15 is 0 Å². The molecule has 86 valence electrons. The number of carbonyl (C=O) groups excluding carboxylic acids is 1. The molecule has 1 aliphatic carbocycles. The van der Waals surface area contributed by atoms with Crippen LogP contribution in [0.1, 0.15) is 32.1 Å². The lowest BCUT2D eigenvalue weighted by atomic mass is 9.82. The molecule has 1 saturated carbocycles. The number of nitrogens with two attached hydrogens (primary N) is 1. The molecule has 1 heterocycles. The maximum atomic E-state index is 11.5. The molecule has 1 amide bonds. The molecule has 2 fully saturated rings. The van der Waals surface area contributed by atoms with E-state index < -0.39 is 0 Å². The van der Waals surface area contributed by atoms with Crippen LogP contribution in [-0.2, 0) is 9.53 Å². The highest BCUT2D eigenvalue weighted by Gasteiger charge is 2.37. The molecule has 0 aromatic carbocycles. The quantitative estimate of drug-likeness (QED) is 0.712. The summed E-state index contributed by atoms with van der Waals surface area (Å²) in [4.78, 5) is 11.5. The number of fused-ring (bicyclic) bond motifs is 1. The molecule has 0 bridgehead atoms. The summed E-state index contributed by atoms with van der Waals surface area (Å²) < 4.78 is 5.65. The summed E-state index contributed by atoms with van der Waals surface area (Å²) in [6.45, 7) is 1.29. The van der Waals surface area contributed by atoms with Crippen molar-refractivity contribution < 1.29 is 9.53 Å². The molecule has 1 saturated heterocycles. The largest absolute Gasteiger partial charge is 0.378 e. The van der Waals surface area contributed by atoms with Gasteiger partial charge in [0.1, 0.15) is 0 Å². The second kappa shape index (κ2) is 4.94. The summed E-state index contributed by atoms with van der Waals surface area (Å²) >= 11 is 0. The van der Waals surface area contributed by atoms with Gasteiger partial charge in [0.15, 0.2) is 0 Å². The molecular formula is C11H20N2O2. The van der Waals surface area contributed by atoms with Crippen molar-refractivity contribution in [3.05, 3.63) is 0 Å². The summed E-state index contributed by atoms with van der Waals surface area (Å²) in [5.41, 5.74) is 5.36. The Labute approximate surface area is 90.5 Å². The predicted molar refractivity (Wildman–Crippen MR) is 57.3 cm³/mol. The summed E-state index contributed by atoms with van der Waals surface area (Å²) in [7, 11) is 0. The SMILES string of the molecule is NCCC(=O)NC1CCCC2OCCC12. The second-order valence-electron chi connectivity index (χ2n) is 4.51. The molecule has 4 nitrogen and oxygen atoms in total. The molecule has 3 unspecified atom stereocenters. The van der Waals surface area contributed by atoms with Gasteiger partial charge in [-0.15, -0.1) is 0 Å². The van der Waals surface area contributed by atoms with Crippen LogP contribution in [0.4, 0.5) is 0 Å². The minimum Gasteiger partial charge on any atom is -0.378 e. The van der Waals surface area contributed by atoms with E-state index in [-0.39, 0.29) is 5.91 Å². The average molecular weight is 212 g/mol. The number of nitrogens with one attached hydrogen (secondary N) is 1. The Hall–Kier alpha value is -0.610. The monoisotopic (exact) mass is 212 g/mol. The summed E-state index contributed by atoms with van der Waals surface area (Å²) in [5, 5.41) is 3.09. The first-order valence-electron chi connectivity index (χ1n) is 5.92. The minimum absolute atomic E-state index is 0.0926. The first-order valence-corrected chi connectivity index (χ1v) is 5.92. The van der Waals surface area contributed by atoms with Gasteiger partial charge in [-0.2, -0.15) is 0 Å². The third kappa shape index (κ3) is 2.49. The third-order valence-corrected chi connectivity index (χ3v) is 3.50. The van der Waals surface area contributed by atoms with Gasteiger partial charge in [-0.05, 0) is 25.7 Å². The van der Waals surface area contributed by atoms with E-state index in [9.17, 15) is 4.79 Å². The molecule has 2 rings (SSSR count). The average Bonchev–Trinajstić information content (AvgIpc) is 2.67. The molecular weight excluding hydrogens is 192 g/mol. The van der Waals surface area contributed by atoms with Crippen LogP contribution in [0.5, 0.6) is 0 Å². The van der Waals surface area contributed by atoms with E-state index in [4.69, 9.17) is 10.5 Å². The van der Waals surface area contributed by atoms with Crippen LogP contribution in [0.2, 0.25) is 0 Å². The number of hydrogen-bond acceptors (Lipinski definition) is 3. The highest BCUT2D eigenvalue weighted by molar-refractivity contribution is 5.76. The molecule has 0 aromatic heterocycles. The highest BCUT2D eigenvalue weighted by Crippen LogP contribution is 2.34. The highest BCUT2D eigenvalue weighted by atomic mass is 16.5. The lowest BCUT2D eigenvalue weighted by molar-refractivity contribution is -0.122. The Morgan fingerprint density at radius 2 is 2.27 bits per heavy atom. The van der Waals surface area contributed by atoms with Gasteiger partial charge in [-0.25, -0.2) is 0 Å². The maximum absolute atomic E-state index is 11.5. The first kappa shape index (κ1) is 10.9. The molecule has 0 radical (unpaired) electrons. The van der Waals surface area contributed by atoms with Gasteiger partial charge >= 0.3 is 0 Å². The molecule has 3 atom stereocenters. The Morgan fingerprint density at radius 3 is 3.07 bits per heavy atom. The van der Waals surface area contributed by atoms with Gasteiger partial charge in [0.05, 0.1) is 6.10 Å². The van der Waals surface area contributed by atoms with Gasteiger partial charge in [-0.1, -0.05) is 0 Å². The Bertz CT molecular complexity index is 233. The lowest BCUT2D eigenvalue weighted by Gasteiger charge is -2.33. The van der Waals surface area contributed by atoms with Gasteiger partial charge in [-0.3, -0.25) is 4.79 Å². The van der Waals surface area contributed by atoms with Crippen LogP contribution in [0.25, 0.3) is 0 Å². The van der Waals surface area contributed by atoms with Crippen LogP contribution >= 0.6 is 0 Å². The number of amides is 1. The Morgan fingerprint density at radius 1 is 1.40 bits per heavy atom. The maximum Gasteiger partial charge on any atom is 0.221 e. The second-order valence-corrected chi connectivity index (χ2v) is 4.51. The van der Waals surface area contributed by atoms with E-state index in [0.717, 1.165) is 32.3 Å². The normalized spacial score (nSPS) is 34.9. The van der Waals surface area contributed by atoms with E-state index in [2.05, 4.69) is 5.32 Å². The minimum atomic E-state index is 0.0926. The summed E-state index contributed by atoms with van der Waals surface area (Å²) in [6.07, 6.45) is 5.35. The number of hydrogen-bond donors (Lipinski definition) is 2. The van der Waals surface area contributed by atoms with E-state index in [1.807, 2.05) is 0 Å². The topological polar surface area (TPSA) is 64.4 Å². The molecule has 0 aromatic rings. The molecule has 3 N–H and O–H groups in total. The third-order valence-electron chi connectivity index (χ3n) is 3.50. The van der Waals surface area contributed by atoms with Crippen molar-refractivity contribution in [1.82, 2.24) is 5.32 Å². The zero-order valence-electron chi connectivity index (χ0n) is 9.08. The molecule has 15 heavy (non-hydrogen) atoms. The first-order chi connectivity index (χ1) is 7.31. The number of rotatable bonds is 3. The zero-order valence-corrected chi connectivity index (χ0v) is 9.08. The van der Waals surface area contributed by atoms with E-state index in [1.54, 1.807) is 0 Å². The van der Waals surface area contributed by atoms with Crippen LogP contribution in [0.15, 0.2) is 0 Å². The summed E-state index contributed by atoms with van der Waals surface area (Å²) in [6, 6.07) is 0.324. The van der Waals surface area contributed by atoms with E-state index in [0.29, 0.717) is 31.0 Å². The van der Waals surface area contributed by atoms with Crippen LogP contribution in [0.3, 0.4) is 0 Å². The molecule has 4 heteroatoms. The fraction of sp³-hybridized carbons (Fsp3) is 0.909. The fourth-order valence-electron chi connectivity index (χ4n) is 2.76. The molecule has 2 aliphatic rings. The van der Waals surface area contributed by atoms with Crippen molar-refractivity contribution in [3.63, 3.8) is 0 Å². The van der Waals surface area contributed by atoms with Gasteiger partial charge in [0.2, 0.25) is 5.91 Å². The predicted octanol–water partition coefficient (Wildman–Crippen LogP) is 0.409. The van der Waals surface area contributed by atoms with Crippen LogP contribution < -0.4 is 11.1 Å². The summed E-state index contributed by atoms with van der Waals surface area (Å²) in [5.74, 6) is 0.635. The van der Waals surface area contributed by atoms with Crippen molar-refractivity contribution >= 4 is 5.91 Å². The number of ether oxygens (including phenoxy) is 1. The van der Waals surface area contributed by atoms with Crippen LogP contribution in [0, 0.1) is 5.92 Å². The van der Waals surface area contributed by atoms with Crippen molar-refractivity contribution in [2.24, 2.45) is 11.7 Å². The van der Waals surface area contributed by atoms with Gasteiger partial charge < -0.3 is 15.8 Å². The Balaban J connectivity index is 1.87. The van der Waals surface area contributed by atoms with Crippen molar-refractivity contribution in [1.29, 1.82) is 0 Å². The van der Waals surface area contributed by atoms with Crippen LogP contribution in [-0.4, -0.2) is 31.2 Å². The Kier molecular flexibility index (Phi) is 3.59. The van der Waals surface area contributed by atoms with Crippen molar-refractivity contribution in [3.8, 4) is 0 Å². The fourth-order valence-corrected chi connectivity index (χ4v) is 2.76. The molecule has 1 aliphatic heterocycles. The standard InChI is InChI=1S/C11H20N2O2/c12-6-4-11(14)13-9-2-1-3-10-8(9)5-7-15-10/h8-10H,1-7,12H2,(H,13,14). The lowest BCUT2D eigenvalue weighted by Crippen LogP contribution is -2.46. The molecule has 0 spiro atoms. The van der Waals surface area contributed by atoms with Gasteiger partial charge in [0.25, 0.3) is 0 Å². The number of carbonyl (C=O) groups is 1. The van der Waals surface area contributed by atoms with Crippen molar-refractivity contribution in [2.45, 2.75) is 44.2 Å². The van der Waals surface area contributed by atoms with Crippen molar-refractivity contribution in [2.75, 3.05) is 13.2 Å².